The van der Waals surface area contributed by atoms with E-state index in [0.717, 1.165) is 30.4 Å². The van der Waals surface area contributed by atoms with Crippen molar-refractivity contribution in [1.82, 2.24) is 5.32 Å². The van der Waals surface area contributed by atoms with E-state index < -0.39 is 6.09 Å². The molecule has 2 aromatic carbocycles. The lowest BCUT2D eigenvalue weighted by Crippen LogP contribution is -2.31. The predicted octanol–water partition coefficient (Wildman–Crippen LogP) is 5.51. The molecule has 1 N–H and O–H groups in total. The Balaban J connectivity index is 1.68. The summed E-state index contributed by atoms with van der Waals surface area (Å²) in [4.78, 5) is 12.3. The van der Waals surface area contributed by atoms with E-state index in [4.69, 9.17) is 16.3 Å². The van der Waals surface area contributed by atoms with E-state index in [-0.39, 0.29) is 6.04 Å². The fourth-order valence-electron chi connectivity index (χ4n) is 3.02. The first kappa shape index (κ1) is 17.6. The van der Waals surface area contributed by atoms with Crippen molar-refractivity contribution >= 4 is 17.7 Å². The summed E-state index contributed by atoms with van der Waals surface area (Å²) in [7, 11) is 0. The van der Waals surface area contributed by atoms with Crippen LogP contribution < -0.4 is 5.32 Å². The predicted molar refractivity (Wildman–Crippen MR) is 101 cm³/mol. The number of rotatable bonds is 5. The van der Waals surface area contributed by atoms with Crippen LogP contribution in [0, 0.1) is 5.92 Å². The first-order valence-electron chi connectivity index (χ1n) is 8.61. The lowest BCUT2D eigenvalue weighted by Gasteiger charge is -2.22. The first-order valence-corrected chi connectivity index (χ1v) is 8.99. The average molecular weight is 356 g/mol. The van der Waals surface area contributed by atoms with Crippen molar-refractivity contribution in [3.63, 3.8) is 0 Å². The monoisotopic (exact) mass is 355 g/mol. The van der Waals surface area contributed by atoms with E-state index in [1.54, 1.807) is 0 Å². The summed E-state index contributed by atoms with van der Waals surface area (Å²) in [5.41, 5.74) is 1.97. The molecule has 0 fully saturated rings. The fraction of sp³-hybridized carbons (Fsp3) is 0.286. The molecule has 130 valence electrons. The normalized spacial score (nSPS) is 17.7. The summed E-state index contributed by atoms with van der Waals surface area (Å²) in [6.07, 6.45) is 7.07. The number of hydrogen-bond acceptors (Lipinski definition) is 2. The van der Waals surface area contributed by atoms with Crippen molar-refractivity contribution in [2.24, 2.45) is 5.92 Å². The highest BCUT2D eigenvalue weighted by atomic mass is 35.5. The van der Waals surface area contributed by atoms with Crippen molar-refractivity contribution in [2.45, 2.75) is 25.3 Å². The molecule has 25 heavy (non-hydrogen) atoms. The molecule has 0 bridgehead atoms. The number of ether oxygens (including phenoxy) is 1. The molecule has 0 radical (unpaired) electrons. The third-order valence-electron chi connectivity index (χ3n) is 4.43. The second-order valence-electron chi connectivity index (χ2n) is 6.29. The van der Waals surface area contributed by atoms with E-state index in [9.17, 15) is 4.79 Å². The molecule has 0 heterocycles. The standard InChI is InChI=1S/C21H22ClNO2/c22-19-13-11-18(12-14-19)20(17-9-5-2-6-10-17)23-21(24)25-15-16-7-3-1-4-8-16/h1-3,5-6,9-14,16,20H,4,7-8,15H2,(H,23,24). The molecule has 1 aliphatic rings. The second-order valence-corrected chi connectivity index (χ2v) is 6.72. The Morgan fingerprint density at radius 2 is 1.80 bits per heavy atom. The summed E-state index contributed by atoms with van der Waals surface area (Å²) >= 11 is 5.99. The van der Waals surface area contributed by atoms with Gasteiger partial charge in [0.2, 0.25) is 0 Å². The van der Waals surface area contributed by atoms with Gasteiger partial charge in [-0.25, -0.2) is 4.79 Å². The van der Waals surface area contributed by atoms with Gasteiger partial charge >= 0.3 is 6.09 Å². The van der Waals surface area contributed by atoms with E-state index >= 15 is 0 Å². The highest BCUT2D eigenvalue weighted by molar-refractivity contribution is 6.30. The van der Waals surface area contributed by atoms with Gasteiger partial charge in [0.05, 0.1) is 12.6 Å². The molecule has 3 nitrogen and oxygen atoms in total. The van der Waals surface area contributed by atoms with E-state index in [1.807, 2.05) is 54.6 Å². The molecule has 1 amide bonds. The maximum Gasteiger partial charge on any atom is 0.407 e. The number of hydrogen-bond donors (Lipinski definition) is 1. The molecule has 0 saturated heterocycles. The van der Waals surface area contributed by atoms with Gasteiger partial charge in [-0.3, -0.25) is 0 Å². The van der Waals surface area contributed by atoms with Gasteiger partial charge in [0.25, 0.3) is 0 Å². The number of allylic oxidation sites excluding steroid dienone is 2. The van der Waals surface area contributed by atoms with Crippen molar-refractivity contribution in [1.29, 1.82) is 0 Å². The quantitative estimate of drug-likeness (QED) is 0.718. The zero-order chi connectivity index (χ0) is 17.5. The molecular formula is C21H22ClNO2. The van der Waals surface area contributed by atoms with Crippen molar-refractivity contribution in [3.05, 3.63) is 82.9 Å². The van der Waals surface area contributed by atoms with Crippen LogP contribution in [-0.2, 0) is 4.74 Å². The molecule has 3 rings (SSSR count). The maximum atomic E-state index is 12.3. The van der Waals surface area contributed by atoms with Gasteiger partial charge in [-0.15, -0.1) is 0 Å². The minimum atomic E-state index is -0.390. The Kier molecular flexibility index (Phi) is 6.13. The van der Waals surface area contributed by atoms with Crippen LogP contribution in [0.1, 0.15) is 36.4 Å². The molecule has 2 aromatic rings. The Morgan fingerprint density at radius 1 is 1.08 bits per heavy atom. The molecule has 1 aliphatic carbocycles. The van der Waals surface area contributed by atoms with Crippen molar-refractivity contribution in [2.75, 3.05) is 6.61 Å². The van der Waals surface area contributed by atoms with Gasteiger partial charge in [0, 0.05) is 5.02 Å². The van der Waals surface area contributed by atoms with E-state index in [0.29, 0.717) is 17.5 Å². The van der Waals surface area contributed by atoms with Gasteiger partial charge in [-0.05, 0) is 48.4 Å². The van der Waals surface area contributed by atoms with Gasteiger partial charge in [0.15, 0.2) is 0 Å². The molecule has 2 unspecified atom stereocenters. The largest absolute Gasteiger partial charge is 0.449 e. The molecule has 0 spiro atoms. The summed E-state index contributed by atoms with van der Waals surface area (Å²) < 4.78 is 5.47. The molecule has 0 saturated carbocycles. The average Bonchev–Trinajstić information content (AvgIpc) is 2.67. The zero-order valence-electron chi connectivity index (χ0n) is 14.0. The topological polar surface area (TPSA) is 38.3 Å². The summed E-state index contributed by atoms with van der Waals surface area (Å²) in [5, 5.41) is 3.66. The zero-order valence-corrected chi connectivity index (χ0v) is 14.8. The summed E-state index contributed by atoms with van der Waals surface area (Å²) in [5.74, 6) is 0.418. The molecular weight excluding hydrogens is 334 g/mol. The second kappa shape index (κ2) is 8.72. The summed E-state index contributed by atoms with van der Waals surface area (Å²) in [6, 6.07) is 17.1. The number of alkyl carbamates (subject to hydrolysis) is 1. The molecule has 4 heteroatoms. The third kappa shape index (κ3) is 5.10. The van der Waals surface area contributed by atoms with Crippen LogP contribution in [0.25, 0.3) is 0 Å². The minimum absolute atomic E-state index is 0.266. The van der Waals surface area contributed by atoms with Gasteiger partial charge < -0.3 is 10.1 Å². The minimum Gasteiger partial charge on any atom is -0.449 e. The maximum absolute atomic E-state index is 12.3. The third-order valence-corrected chi connectivity index (χ3v) is 4.68. The smallest absolute Gasteiger partial charge is 0.407 e. The van der Waals surface area contributed by atoms with Crippen LogP contribution in [-0.4, -0.2) is 12.7 Å². The van der Waals surface area contributed by atoms with Crippen LogP contribution in [0.3, 0.4) is 0 Å². The fourth-order valence-corrected chi connectivity index (χ4v) is 3.15. The highest BCUT2D eigenvalue weighted by Gasteiger charge is 2.19. The van der Waals surface area contributed by atoms with Crippen LogP contribution in [0.2, 0.25) is 5.02 Å². The van der Waals surface area contributed by atoms with E-state index in [1.165, 1.54) is 0 Å². The van der Waals surface area contributed by atoms with Crippen molar-refractivity contribution in [3.8, 4) is 0 Å². The number of nitrogens with one attached hydrogen (secondary N) is 1. The van der Waals surface area contributed by atoms with Crippen LogP contribution >= 0.6 is 11.6 Å². The Morgan fingerprint density at radius 3 is 2.48 bits per heavy atom. The Labute approximate surface area is 153 Å². The lowest BCUT2D eigenvalue weighted by atomic mass is 9.95. The Hall–Kier alpha value is -2.26. The molecule has 2 atom stereocenters. The number of amides is 1. The van der Waals surface area contributed by atoms with Crippen LogP contribution in [0.4, 0.5) is 4.79 Å². The Bertz CT molecular complexity index is 712. The lowest BCUT2D eigenvalue weighted by molar-refractivity contribution is 0.122. The van der Waals surface area contributed by atoms with Crippen molar-refractivity contribution < 1.29 is 9.53 Å². The number of carbonyl (C=O) groups excluding carboxylic acids is 1. The summed E-state index contributed by atoms with van der Waals surface area (Å²) in [6.45, 7) is 0.457. The number of halogens is 1. The first-order chi connectivity index (χ1) is 12.2. The SMILES string of the molecule is O=C(NC(c1ccccc1)c1ccc(Cl)cc1)OCC1CC=CCC1. The number of benzene rings is 2. The van der Waals surface area contributed by atoms with Gasteiger partial charge in [-0.1, -0.05) is 66.2 Å². The molecule has 0 aromatic heterocycles. The van der Waals surface area contributed by atoms with Crippen LogP contribution in [0.5, 0.6) is 0 Å². The van der Waals surface area contributed by atoms with Gasteiger partial charge in [-0.2, -0.15) is 0 Å². The van der Waals surface area contributed by atoms with Gasteiger partial charge in [0.1, 0.15) is 0 Å². The highest BCUT2D eigenvalue weighted by Crippen LogP contribution is 2.24. The van der Waals surface area contributed by atoms with E-state index in [2.05, 4.69) is 17.5 Å². The number of carbonyl (C=O) groups is 1. The molecule has 0 aliphatic heterocycles. The van der Waals surface area contributed by atoms with Crippen LogP contribution in [0.15, 0.2) is 66.7 Å².